The van der Waals surface area contributed by atoms with Gasteiger partial charge in [0.2, 0.25) is 11.8 Å². The number of carbonyl (C=O) groups is 3. The molecule has 5 heteroatoms. The number of anilines is 1. The molecule has 1 saturated heterocycles. The number of imide groups is 1. The number of rotatable bonds is 2. The molecule has 0 saturated carbocycles. The lowest BCUT2D eigenvalue weighted by atomic mass is 9.42. The van der Waals surface area contributed by atoms with Crippen LogP contribution in [0.2, 0.25) is 0 Å². The second-order valence-corrected chi connectivity index (χ2v) is 9.97. The molecular formula is C26H18INO3. The van der Waals surface area contributed by atoms with Crippen LogP contribution in [0.4, 0.5) is 5.69 Å². The third kappa shape index (κ3) is 2.03. The van der Waals surface area contributed by atoms with Gasteiger partial charge in [0.15, 0.2) is 0 Å². The summed E-state index contributed by atoms with van der Waals surface area (Å²) in [4.78, 5) is 42.1. The second kappa shape index (κ2) is 6.13. The van der Waals surface area contributed by atoms with Crippen LogP contribution in [0, 0.1) is 15.4 Å². The summed E-state index contributed by atoms with van der Waals surface area (Å²) >= 11 is 2.20. The number of hydrogen-bond donors (Lipinski definition) is 0. The van der Waals surface area contributed by atoms with E-state index < -0.39 is 22.7 Å². The molecule has 152 valence electrons. The fraction of sp³-hybridized carbons (Fsp3) is 0.192. The lowest BCUT2D eigenvalue weighted by Crippen LogP contribution is -2.61. The van der Waals surface area contributed by atoms with E-state index in [1.807, 2.05) is 60.7 Å². The van der Waals surface area contributed by atoms with E-state index in [9.17, 15) is 14.4 Å². The summed E-state index contributed by atoms with van der Waals surface area (Å²) in [7, 11) is 0. The Morgan fingerprint density at radius 1 is 0.774 bits per heavy atom. The van der Waals surface area contributed by atoms with Gasteiger partial charge in [0.25, 0.3) is 0 Å². The lowest BCUT2D eigenvalue weighted by molar-refractivity contribution is -0.129. The fourth-order valence-corrected chi connectivity index (χ4v) is 6.67. The zero-order valence-electron chi connectivity index (χ0n) is 16.7. The third-order valence-electron chi connectivity index (χ3n) is 7.55. The molecule has 1 heterocycles. The summed E-state index contributed by atoms with van der Waals surface area (Å²) in [5, 5.41) is 0. The van der Waals surface area contributed by atoms with Gasteiger partial charge in [-0.05, 0) is 69.1 Å². The van der Waals surface area contributed by atoms with Crippen LogP contribution in [0.5, 0.6) is 0 Å². The molecule has 3 aromatic rings. The standard InChI is InChI=1S/C26H18INO3/c1-25-17-6-2-4-8-19(17)26(14-29,20-9-5-3-7-18(20)25)22-21(25)23(30)28(24(22)31)16-12-10-15(27)11-13-16/h2-14,21-22H,1H3/t21-,22-,25?,26?/m0/s1. The molecule has 31 heavy (non-hydrogen) atoms. The normalized spacial score (nSPS) is 30.1. The SMILES string of the molecule is CC12c3ccccc3C(C=O)(c3ccccc31)[C@@H]1C(=O)N(c3ccc(I)cc3)C(=O)[C@H]12. The number of benzene rings is 3. The van der Waals surface area contributed by atoms with Gasteiger partial charge in [0.05, 0.1) is 22.9 Å². The van der Waals surface area contributed by atoms with E-state index in [1.54, 1.807) is 12.1 Å². The third-order valence-corrected chi connectivity index (χ3v) is 8.27. The molecule has 4 aliphatic rings. The van der Waals surface area contributed by atoms with Crippen molar-refractivity contribution >= 4 is 46.4 Å². The quantitative estimate of drug-likeness (QED) is 0.290. The van der Waals surface area contributed by atoms with Crippen molar-refractivity contribution in [2.75, 3.05) is 4.90 Å². The number of halogens is 1. The van der Waals surface area contributed by atoms with Crippen molar-refractivity contribution in [3.05, 3.63) is 98.6 Å². The van der Waals surface area contributed by atoms with Gasteiger partial charge >= 0.3 is 0 Å². The number of carbonyl (C=O) groups excluding carboxylic acids is 3. The van der Waals surface area contributed by atoms with Crippen molar-refractivity contribution in [1.29, 1.82) is 0 Å². The van der Waals surface area contributed by atoms with E-state index in [4.69, 9.17) is 0 Å². The first-order valence-electron chi connectivity index (χ1n) is 10.3. The monoisotopic (exact) mass is 519 g/mol. The van der Waals surface area contributed by atoms with Crippen molar-refractivity contribution in [2.24, 2.45) is 11.8 Å². The number of aldehydes is 1. The Bertz CT molecular complexity index is 1250. The molecule has 0 N–H and O–H groups in total. The summed E-state index contributed by atoms with van der Waals surface area (Å²) < 4.78 is 1.02. The largest absolute Gasteiger partial charge is 0.302 e. The molecule has 4 nitrogen and oxygen atoms in total. The summed E-state index contributed by atoms with van der Waals surface area (Å²) in [6.07, 6.45) is 0.906. The highest BCUT2D eigenvalue weighted by Gasteiger charge is 2.72. The second-order valence-electron chi connectivity index (χ2n) is 8.72. The molecule has 0 unspecified atom stereocenters. The predicted molar refractivity (Wildman–Crippen MR) is 125 cm³/mol. The Hall–Kier alpha value is -2.80. The van der Waals surface area contributed by atoms with Gasteiger partial charge in [-0.3, -0.25) is 9.59 Å². The highest BCUT2D eigenvalue weighted by molar-refractivity contribution is 14.1. The first kappa shape index (κ1) is 18.9. The molecule has 2 bridgehead atoms. The zero-order chi connectivity index (χ0) is 21.5. The van der Waals surface area contributed by atoms with Gasteiger partial charge in [-0.2, -0.15) is 0 Å². The van der Waals surface area contributed by atoms with Crippen LogP contribution in [0.25, 0.3) is 0 Å². The summed E-state index contributed by atoms with van der Waals surface area (Å²) in [5.41, 5.74) is 2.33. The van der Waals surface area contributed by atoms with Crippen LogP contribution >= 0.6 is 22.6 Å². The molecule has 3 aromatic carbocycles. The number of amides is 2. The van der Waals surface area contributed by atoms with Crippen LogP contribution in [-0.2, 0) is 25.2 Å². The van der Waals surface area contributed by atoms with Crippen molar-refractivity contribution in [2.45, 2.75) is 17.8 Å². The van der Waals surface area contributed by atoms with Gasteiger partial charge < -0.3 is 4.79 Å². The Balaban J connectivity index is 1.69. The van der Waals surface area contributed by atoms with Crippen LogP contribution < -0.4 is 4.90 Å². The highest BCUT2D eigenvalue weighted by atomic mass is 127. The highest BCUT2D eigenvalue weighted by Crippen LogP contribution is 2.66. The van der Waals surface area contributed by atoms with E-state index >= 15 is 0 Å². The Kier molecular flexibility index (Phi) is 3.74. The molecule has 1 fully saturated rings. The maximum atomic E-state index is 13.9. The Labute approximate surface area is 193 Å². The maximum Gasteiger partial charge on any atom is 0.239 e. The van der Waals surface area contributed by atoms with E-state index in [1.165, 1.54) is 4.90 Å². The van der Waals surface area contributed by atoms with Crippen LogP contribution in [0.15, 0.2) is 72.8 Å². The number of nitrogens with zero attached hydrogens (tertiary/aromatic N) is 1. The van der Waals surface area contributed by atoms with Gasteiger partial charge in [-0.1, -0.05) is 55.5 Å². The molecule has 1 aliphatic heterocycles. The molecule has 2 amide bonds. The summed E-state index contributed by atoms with van der Waals surface area (Å²) in [6.45, 7) is 2.05. The van der Waals surface area contributed by atoms with E-state index in [0.717, 1.165) is 32.1 Å². The van der Waals surface area contributed by atoms with E-state index in [2.05, 4.69) is 29.5 Å². The summed E-state index contributed by atoms with van der Waals surface area (Å²) in [5.74, 6) is -1.91. The first-order chi connectivity index (χ1) is 15.0. The number of hydrogen-bond acceptors (Lipinski definition) is 3. The molecule has 2 atom stereocenters. The molecular weight excluding hydrogens is 501 g/mol. The predicted octanol–water partition coefficient (Wildman–Crippen LogP) is 4.22. The van der Waals surface area contributed by atoms with Gasteiger partial charge in [0.1, 0.15) is 6.29 Å². The topological polar surface area (TPSA) is 54.5 Å². The fourth-order valence-electron chi connectivity index (χ4n) is 6.31. The van der Waals surface area contributed by atoms with Gasteiger partial charge in [0, 0.05) is 8.99 Å². The minimum Gasteiger partial charge on any atom is -0.302 e. The van der Waals surface area contributed by atoms with Gasteiger partial charge in [-0.25, -0.2) is 4.90 Å². The summed E-state index contributed by atoms with van der Waals surface area (Å²) in [6, 6.07) is 23.0. The first-order valence-corrected chi connectivity index (χ1v) is 11.3. The molecule has 0 radical (unpaired) electrons. The molecule has 3 aliphatic carbocycles. The minimum absolute atomic E-state index is 0.228. The van der Waals surface area contributed by atoms with E-state index in [-0.39, 0.29) is 11.8 Å². The molecule has 0 aromatic heterocycles. The average molecular weight is 519 g/mol. The Morgan fingerprint density at radius 3 is 1.77 bits per heavy atom. The van der Waals surface area contributed by atoms with Crippen molar-refractivity contribution in [3.63, 3.8) is 0 Å². The van der Waals surface area contributed by atoms with Crippen LogP contribution in [0.3, 0.4) is 0 Å². The Morgan fingerprint density at radius 2 is 1.26 bits per heavy atom. The molecule has 7 rings (SSSR count). The maximum absolute atomic E-state index is 13.9. The minimum atomic E-state index is -1.17. The molecule has 0 spiro atoms. The van der Waals surface area contributed by atoms with Gasteiger partial charge in [-0.15, -0.1) is 0 Å². The van der Waals surface area contributed by atoms with Crippen LogP contribution in [0.1, 0.15) is 29.2 Å². The van der Waals surface area contributed by atoms with Crippen LogP contribution in [-0.4, -0.2) is 18.1 Å². The van der Waals surface area contributed by atoms with E-state index in [0.29, 0.717) is 5.69 Å². The average Bonchev–Trinajstić information content (AvgIpc) is 3.07. The van der Waals surface area contributed by atoms with Crippen molar-refractivity contribution in [3.8, 4) is 0 Å². The smallest absolute Gasteiger partial charge is 0.239 e. The van der Waals surface area contributed by atoms with Crippen molar-refractivity contribution < 1.29 is 14.4 Å². The lowest BCUT2D eigenvalue weighted by Gasteiger charge is -2.56. The van der Waals surface area contributed by atoms with Crippen molar-refractivity contribution in [1.82, 2.24) is 0 Å². The zero-order valence-corrected chi connectivity index (χ0v) is 18.9.